The Balaban J connectivity index is 2.06. The van der Waals surface area contributed by atoms with Crippen LogP contribution < -0.4 is 5.73 Å². The summed E-state index contributed by atoms with van der Waals surface area (Å²) < 4.78 is 57.7. The van der Waals surface area contributed by atoms with Crippen molar-refractivity contribution < 1.29 is 27.1 Å². The van der Waals surface area contributed by atoms with Crippen LogP contribution in [0.1, 0.15) is 6.42 Å². The molecule has 0 aromatic heterocycles. The molecule has 0 aromatic carbocycles. The Hall–Kier alpha value is -0.930. The monoisotopic (exact) mass is 313 g/mol. The number of halogens is 4. The largest absolute Gasteiger partial charge is 0.415 e. The van der Waals surface area contributed by atoms with Gasteiger partial charge in [0.25, 0.3) is 0 Å². The Labute approximate surface area is 120 Å². The normalized spacial score (nSPS) is 36.0. The lowest BCUT2D eigenvalue weighted by molar-refractivity contribution is -0.251. The maximum Gasteiger partial charge on any atom is 0.415 e. The van der Waals surface area contributed by atoms with Crippen LogP contribution in [0, 0.1) is 0 Å². The molecule has 1 amide bonds. The van der Waals surface area contributed by atoms with Crippen LogP contribution in [0.3, 0.4) is 0 Å². The predicted octanol–water partition coefficient (Wildman–Crippen LogP) is 0.147. The second-order valence-corrected chi connectivity index (χ2v) is 5.89. The number of likely N-dealkylation sites (tertiary alicyclic amines) is 1. The molecule has 5 nitrogen and oxygen atoms in total. The van der Waals surface area contributed by atoms with Crippen molar-refractivity contribution in [3.63, 3.8) is 0 Å². The van der Waals surface area contributed by atoms with Gasteiger partial charge in [-0.15, -0.1) is 0 Å². The first kappa shape index (κ1) is 16.4. The number of rotatable bonds is 3. The molecule has 0 spiro atoms. The van der Waals surface area contributed by atoms with E-state index >= 15 is 0 Å². The van der Waals surface area contributed by atoms with Gasteiger partial charge in [0.2, 0.25) is 5.91 Å². The molecule has 2 aliphatic heterocycles. The fraction of sp³-hybridized carbons (Fsp3) is 0.917. The Morgan fingerprint density at radius 2 is 2.10 bits per heavy atom. The zero-order valence-electron chi connectivity index (χ0n) is 11.7. The highest BCUT2D eigenvalue weighted by atomic mass is 19.4. The molecule has 2 aliphatic rings. The minimum atomic E-state index is -4.61. The smallest absolute Gasteiger partial charge is 0.367 e. The first-order chi connectivity index (χ1) is 9.59. The Bertz CT molecular complexity index is 406. The number of alkyl halides is 4. The summed E-state index contributed by atoms with van der Waals surface area (Å²) in [6.07, 6.45) is -7.83. The van der Waals surface area contributed by atoms with Gasteiger partial charge in [0.1, 0.15) is 11.8 Å². The van der Waals surface area contributed by atoms with Gasteiger partial charge in [-0.2, -0.15) is 13.2 Å². The minimum Gasteiger partial charge on any atom is -0.367 e. The maximum atomic E-state index is 14.6. The van der Waals surface area contributed by atoms with Gasteiger partial charge in [0.05, 0.1) is 0 Å². The molecule has 9 heteroatoms. The second kappa shape index (κ2) is 5.69. The highest BCUT2D eigenvalue weighted by Crippen LogP contribution is 2.31. The van der Waals surface area contributed by atoms with Gasteiger partial charge in [-0.05, 0) is 13.5 Å². The van der Waals surface area contributed by atoms with Gasteiger partial charge in [-0.1, -0.05) is 0 Å². The molecule has 2 fully saturated rings. The van der Waals surface area contributed by atoms with Crippen LogP contribution >= 0.6 is 0 Å². The molecule has 0 aliphatic carbocycles. The van der Waals surface area contributed by atoms with Crippen molar-refractivity contribution in [1.29, 1.82) is 0 Å². The zero-order chi connectivity index (χ0) is 15.8. The molecule has 2 unspecified atom stereocenters. The Morgan fingerprint density at radius 3 is 2.57 bits per heavy atom. The van der Waals surface area contributed by atoms with Crippen LogP contribution in [0.4, 0.5) is 17.6 Å². The van der Waals surface area contributed by atoms with Gasteiger partial charge in [-0.3, -0.25) is 9.69 Å². The summed E-state index contributed by atoms with van der Waals surface area (Å²) in [5, 5.41) is 0. The molecule has 2 N–H and O–H groups in total. The van der Waals surface area contributed by atoms with E-state index in [2.05, 4.69) is 4.74 Å². The number of nitrogens with zero attached hydrogens (tertiary/aromatic N) is 2. The number of hydrogen-bond acceptors (Lipinski definition) is 4. The van der Waals surface area contributed by atoms with E-state index in [0.29, 0.717) is 6.54 Å². The fourth-order valence-corrected chi connectivity index (χ4v) is 2.86. The first-order valence-corrected chi connectivity index (χ1v) is 6.70. The van der Waals surface area contributed by atoms with Crippen molar-refractivity contribution in [3.05, 3.63) is 0 Å². The van der Waals surface area contributed by atoms with Gasteiger partial charge >= 0.3 is 6.18 Å². The molecule has 3 atom stereocenters. The lowest BCUT2D eigenvalue weighted by Crippen LogP contribution is -2.58. The average molecular weight is 313 g/mol. The van der Waals surface area contributed by atoms with Crippen LogP contribution in [0.25, 0.3) is 0 Å². The number of amides is 1. The first-order valence-electron chi connectivity index (χ1n) is 6.70. The summed E-state index contributed by atoms with van der Waals surface area (Å²) in [5.41, 5.74) is 3.47. The minimum absolute atomic E-state index is 0.114. The van der Waals surface area contributed by atoms with E-state index in [0.717, 1.165) is 0 Å². The molecule has 2 heterocycles. The van der Waals surface area contributed by atoms with Crippen molar-refractivity contribution in [2.24, 2.45) is 5.73 Å². The molecule has 2 rings (SSSR count). The predicted molar refractivity (Wildman–Crippen MR) is 66.3 cm³/mol. The van der Waals surface area contributed by atoms with Crippen LogP contribution in [-0.2, 0) is 9.53 Å². The van der Waals surface area contributed by atoms with Gasteiger partial charge < -0.3 is 15.4 Å². The average Bonchev–Trinajstić information content (AvgIpc) is 2.67. The highest BCUT2D eigenvalue weighted by Gasteiger charge is 2.49. The van der Waals surface area contributed by atoms with Gasteiger partial charge in [0.15, 0.2) is 6.10 Å². The van der Waals surface area contributed by atoms with E-state index in [9.17, 15) is 22.4 Å². The molecule has 122 valence electrons. The standard InChI is InChI=1S/C12H19F4N3O2/c1-18-3-2-11(13,6-18)7-19-4-8(10(17)20)21-9(5-19)12(14,15)16/h8-9H,2-7H2,1H3,(H2,17,20)/t8?,9?,11-/m1/s1. The van der Waals surface area contributed by atoms with Crippen molar-refractivity contribution >= 4 is 5.91 Å². The third kappa shape index (κ3) is 4.04. The molecule has 0 saturated carbocycles. The number of ether oxygens (including phenoxy) is 1. The van der Waals surface area contributed by atoms with Crippen molar-refractivity contribution in [2.45, 2.75) is 30.5 Å². The molecule has 0 radical (unpaired) electrons. The van der Waals surface area contributed by atoms with Crippen LogP contribution in [0.5, 0.6) is 0 Å². The van der Waals surface area contributed by atoms with Crippen LogP contribution in [0.15, 0.2) is 0 Å². The number of morpholine rings is 1. The van der Waals surface area contributed by atoms with E-state index in [1.54, 1.807) is 11.9 Å². The maximum absolute atomic E-state index is 14.6. The van der Waals surface area contributed by atoms with Crippen LogP contribution in [0.2, 0.25) is 0 Å². The third-order valence-electron chi connectivity index (χ3n) is 3.86. The number of nitrogens with two attached hydrogens (primary N) is 1. The van der Waals surface area contributed by atoms with E-state index in [4.69, 9.17) is 5.73 Å². The summed E-state index contributed by atoms with van der Waals surface area (Å²) in [4.78, 5) is 14.2. The summed E-state index contributed by atoms with van der Waals surface area (Å²) in [5.74, 6) is -0.967. The third-order valence-corrected chi connectivity index (χ3v) is 3.86. The lowest BCUT2D eigenvalue weighted by Gasteiger charge is -2.39. The molecular weight excluding hydrogens is 294 g/mol. The Morgan fingerprint density at radius 1 is 1.43 bits per heavy atom. The number of primary amides is 1. The van der Waals surface area contributed by atoms with Gasteiger partial charge in [-0.25, -0.2) is 4.39 Å². The topological polar surface area (TPSA) is 58.8 Å². The molecule has 0 bridgehead atoms. The summed E-state index contributed by atoms with van der Waals surface area (Å²) >= 11 is 0. The molecule has 0 aromatic rings. The SMILES string of the molecule is CN1CC[C@](F)(CN2CC(C(N)=O)OC(C(F)(F)F)C2)C1. The number of carbonyl (C=O) groups excluding carboxylic acids is 1. The molecular formula is C12H19F4N3O2. The summed E-state index contributed by atoms with van der Waals surface area (Å²) in [6.45, 7) is -0.0257. The quantitative estimate of drug-likeness (QED) is 0.754. The zero-order valence-corrected chi connectivity index (χ0v) is 11.7. The summed E-state index contributed by atoms with van der Waals surface area (Å²) in [7, 11) is 1.76. The molecule has 2 saturated heterocycles. The van der Waals surface area contributed by atoms with Crippen molar-refractivity contribution in [2.75, 3.05) is 39.8 Å². The Kier molecular flexibility index (Phi) is 4.46. The second-order valence-electron chi connectivity index (χ2n) is 5.89. The number of hydrogen-bond donors (Lipinski definition) is 1. The van der Waals surface area contributed by atoms with Crippen molar-refractivity contribution in [3.8, 4) is 0 Å². The fourth-order valence-electron chi connectivity index (χ4n) is 2.86. The van der Waals surface area contributed by atoms with E-state index in [1.807, 2.05) is 0 Å². The highest BCUT2D eigenvalue weighted by molar-refractivity contribution is 5.79. The van der Waals surface area contributed by atoms with Crippen LogP contribution in [-0.4, -0.2) is 79.5 Å². The molecule has 21 heavy (non-hydrogen) atoms. The van der Waals surface area contributed by atoms with Gasteiger partial charge in [0, 0.05) is 32.7 Å². The van der Waals surface area contributed by atoms with E-state index in [-0.39, 0.29) is 26.1 Å². The van der Waals surface area contributed by atoms with Crippen molar-refractivity contribution in [1.82, 2.24) is 9.80 Å². The number of carbonyl (C=O) groups is 1. The lowest BCUT2D eigenvalue weighted by atomic mass is 10.0. The van der Waals surface area contributed by atoms with E-state index in [1.165, 1.54) is 4.90 Å². The summed E-state index contributed by atoms with van der Waals surface area (Å²) in [6, 6.07) is 0. The van der Waals surface area contributed by atoms with E-state index < -0.39 is 36.5 Å².